The quantitative estimate of drug-likeness (QED) is 0.493. The van der Waals surface area contributed by atoms with E-state index >= 15 is 0 Å². The molecule has 2 bridgehead atoms. The Morgan fingerprint density at radius 2 is 1.36 bits per heavy atom. The third-order valence-electron chi connectivity index (χ3n) is 4.02. The summed E-state index contributed by atoms with van der Waals surface area (Å²) in [5.74, 6) is 3.76. The van der Waals surface area contributed by atoms with E-state index in [0.717, 1.165) is 23.7 Å². The van der Waals surface area contributed by atoms with Crippen molar-refractivity contribution in [2.75, 3.05) is 0 Å². The van der Waals surface area contributed by atoms with E-state index in [1.807, 2.05) is 0 Å². The van der Waals surface area contributed by atoms with E-state index in [0.29, 0.717) is 0 Å². The van der Waals surface area contributed by atoms with Gasteiger partial charge in [-0.1, -0.05) is 13.2 Å². The molecule has 4 aliphatic rings. The average molecular weight is 146 g/mol. The summed E-state index contributed by atoms with van der Waals surface area (Å²) >= 11 is 0. The fourth-order valence-electron chi connectivity index (χ4n) is 3.29. The van der Waals surface area contributed by atoms with Gasteiger partial charge in [0.25, 0.3) is 0 Å². The van der Waals surface area contributed by atoms with Gasteiger partial charge in [0, 0.05) is 0 Å². The second-order valence-corrected chi connectivity index (χ2v) is 4.40. The lowest BCUT2D eigenvalue weighted by molar-refractivity contribution is 0.276. The summed E-state index contributed by atoms with van der Waals surface area (Å²) in [6.07, 6.45) is 4.29. The summed E-state index contributed by atoms with van der Waals surface area (Å²) in [5, 5.41) is 0. The number of hydrogen-bond donors (Lipinski definition) is 0. The summed E-state index contributed by atoms with van der Waals surface area (Å²) in [7, 11) is 0. The minimum Gasteiger partial charge on any atom is -0.0953 e. The fourth-order valence-corrected chi connectivity index (χ4v) is 3.29. The Morgan fingerprint density at radius 3 is 1.82 bits per heavy atom. The van der Waals surface area contributed by atoms with Crippen molar-refractivity contribution < 1.29 is 0 Å². The number of rotatable bonds is 0. The lowest BCUT2D eigenvalue weighted by Gasteiger charge is -2.39. The average Bonchev–Trinajstić information content (AvgIpc) is 2.76. The topological polar surface area (TPSA) is 0 Å². The van der Waals surface area contributed by atoms with Crippen molar-refractivity contribution >= 4 is 0 Å². The molecule has 0 aromatic rings. The molecule has 0 spiro atoms. The maximum Gasteiger partial charge on any atom is -0.0134 e. The molecule has 4 rings (SSSR count). The molecular weight excluding hydrogens is 132 g/mol. The number of allylic oxidation sites excluding steroid dienone is 2. The predicted octanol–water partition coefficient (Wildman–Crippen LogP) is 2.77. The van der Waals surface area contributed by atoms with Crippen LogP contribution >= 0.6 is 0 Å². The normalized spacial score (nSPS) is 52.7. The molecule has 4 unspecified atom stereocenters. The SMILES string of the molecule is C=C1C(=C)C2CCC1C1CC21. The first-order valence-corrected chi connectivity index (χ1v) is 4.67. The molecule has 0 aromatic heterocycles. The predicted molar refractivity (Wildman–Crippen MR) is 46.1 cm³/mol. The highest BCUT2D eigenvalue weighted by Crippen LogP contribution is 2.65. The molecule has 0 nitrogen and oxygen atoms in total. The van der Waals surface area contributed by atoms with Crippen LogP contribution in [0.5, 0.6) is 0 Å². The van der Waals surface area contributed by atoms with Crippen molar-refractivity contribution in [3.05, 3.63) is 24.3 Å². The van der Waals surface area contributed by atoms with Crippen LogP contribution in [0.1, 0.15) is 19.3 Å². The summed E-state index contributed by atoms with van der Waals surface area (Å²) in [5.41, 5.74) is 2.81. The Balaban J connectivity index is 2.06. The van der Waals surface area contributed by atoms with Crippen molar-refractivity contribution in [3.8, 4) is 0 Å². The highest BCUT2D eigenvalue weighted by molar-refractivity contribution is 5.40. The van der Waals surface area contributed by atoms with E-state index in [2.05, 4.69) is 13.2 Å². The van der Waals surface area contributed by atoms with Crippen LogP contribution in [0.4, 0.5) is 0 Å². The molecule has 4 atom stereocenters. The summed E-state index contributed by atoms with van der Waals surface area (Å²) < 4.78 is 0. The van der Waals surface area contributed by atoms with Crippen LogP contribution in [-0.4, -0.2) is 0 Å². The second kappa shape index (κ2) is 1.63. The van der Waals surface area contributed by atoms with Gasteiger partial charge in [-0.05, 0) is 54.1 Å². The zero-order valence-corrected chi connectivity index (χ0v) is 6.84. The van der Waals surface area contributed by atoms with Gasteiger partial charge in [-0.25, -0.2) is 0 Å². The summed E-state index contributed by atoms with van der Waals surface area (Å²) in [6.45, 7) is 8.31. The van der Waals surface area contributed by atoms with E-state index in [-0.39, 0.29) is 0 Å². The monoisotopic (exact) mass is 146 g/mol. The van der Waals surface area contributed by atoms with Crippen molar-refractivity contribution in [1.29, 1.82) is 0 Å². The van der Waals surface area contributed by atoms with Gasteiger partial charge in [-0.3, -0.25) is 0 Å². The molecule has 0 aromatic carbocycles. The maximum atomic E-state index is 4.16. The van der Waals surface area contributed by atoms with Crippen LogP contribution in [0.2, 0.25) is 0 Å². The smallest absolute Gasteiger partial charge is 0.0134 e. The highest BCUT2D eigenvalue weighted by Gasteiger charge is 2.56. The van der Waals surface area contributed by atoms with Crippen LogP contribution in [0, 0.1) is 23.7 Å². The third kappa shape index (κ3) is 0.571. The number of hydrogen-bond acceptors (Lipinski definition) is 0. The van der Waals surface area contributed by atoms with Gasteiger partial charge < -0.3 is 0 Å². The van der Waals surface area contributed by atoms with Crippen molar-refractivity contribution in [2.45, 2.75) is 19.3 Å². The minimum atomic E-state index is 0.845. The van der Waals surface area contributed by atoms with E-state index in [4.69, 9.17) is 0 Å². The molecule has 11 heavy (non-hydrogen) atoms. The molecule has 58 valence electrons. The first-order valence-electron chi connectivity index (χ1n) is 4.67. The van der Waals surface area contributed by atoms with E-state index < -0.39 is 0 Å². The molecule has 0 aliphatic heterocycles. The molecule has 0 radical (unpaired) electrons. The van der Waals surface area contributed by atoms with Gasteiger partial charge >= 0.3 is 0 Å². The van der Waals surface area contributed by atoms with Crippen LogP contribution in [-0.2, 0) is 0 Å². The fraction of sp³-hybridized carbons (Fsp3) is 0.636. The van der Waals surface area contributed by atoms with Gasteiger partial charge in [0.15, 0.2) is 0 Å². The lowest BCUT2D eigenvalue weighted by atomic mass is 9.66. The molecule has 4 saturated carbocycles. The molecule has 4 aliphatic carbocycles. The highest BCUT2D eigenvalue weighted by atomic mass is 14.6. The maximum absolute atomic E-state index is 4.16. The first kappa shape index (κ1) is 6.05. The van der Waals surface area contributed by atoms with Gasteiger partial charge in [-0.15, -0.1) is 0 Å². The number of fused-ring (bicyclic) bond motifs is 2. The largest absolute Gasteiger partial charge is 0.0953 e. The molecule has 0 N–H and O–H groups in total. The van der Waals surface area contributed by atoms with E-state index in [9.17, 15) is 0 Å². The van der Waals surface area contributed by atoms with Crippen molar-refractivity contribution in [1.82, 2.24) is 0 Å². The van der Waals surface area contributed by atoms with Crippen molar-refractivity contribution in [3.63, 3.8) is 0 Å². The Hall–Kier alpha value is -0.520. The van der Waals surface area contributed by atoms with Crippen LogP contribution in [0.25, 0.3) is 0 Å². The summed E-state index contributed by atoms with van der Waals surface area (Å²) in [6, 6.07) is 0. The molecule has 4 fully saturated rings. The zero-order chi connectivity index (χ0) is 7.59. The van der Waals surface area contributed by atoms with Crippen molar-refractivity contribution in [2.24, 2.45) is 23.7 Å². The van der Waals surface area contributed by atoms with Crippen LogP contribution in [0.3, 0.4) is 0 Å². The zero-order valence-electron chi connectivity index (χ0n) is 6.84. The molecule has 0 heterocycles. The third-order valence-corrected chi connectivity index (χ3v) is 4.02. The van der Waals surface area contributed by atoms with Gasteiger partial charge in [0.05, 0.1) is 0 Å². The molecule has 0 saturated heterocycles. The van der Waals surface area contributed by atoms with Crippen LogP contribution < -0.4 is 0 Å². The Labute approximate surface area is 68.0 Å². The summed E-state index contributed by atoms with van der Waals surface area (Å²) in [4.78, 5) is 0. The molecular formula is C11H14. The standard InChI is InChI=1S/C11H14/c1-6-7(2)9-4-3-8(6)10-5-11(9)10/h8-11H,1-5H2. The molecule has 0 amide bonds. The van der Waals surface area contributed by atoms with Gasteiger partial charge in [-0.2, -0.15) is 0 Å². The minimum absolute atomic E-state index is 0.845. The van der Waals surface area contributed by atoms with Gasteiger partial charge in [0.1, 0.15) is 0 Å². The Morgan fingerprint density at radius 1 is 0.909 bits per heavy atom. The van der Waals surface area contributed by atoms with E-state index in [1.165, 1.54) is 30.4 Å². The Bertz CT molecular complexity index is 223. The molecule has 0 heteroatoms. The van der Waals surface area contributed by atoms with Gasteiger partial charge in [0.2, 0.25) is 0 Å². The van der Waals surface area contributed by atoms with Crippen LogP contribution in [0.15, 0.2) is 24.3 Å². The second-order valence-electron chi connectivity index (χ2n) is 4.40. The lowest BCUT2D eigenvalue weighted by Crippen LogP contribution is -2.28. The first-order chi connectivity index (χ1) is 5.29. The Kier molecular flexibility index (Phi) is 0.894. The van der Waals surface area contributed by atoms with E-state index in [1.54, 1.807) is 0 Å².